The molecule has 7 nitrogen and oxygen atoms in total. The highest BCUT2D eigenvalue weighted by Gasteiger charge is 2.25. The lowest BCUT2D eigenvalue weighted by Crippen LogP contribution is -2.44. The van der Waals surface area contributed by atoms with Crippen molar-refractivity contribution in [1.82, 2.24) is 25.0 Å². The number of para-hydroxylation sites is 1. The Bertz CT molecular complexity index is 919. The highest BCUT2D eigenvalue weighted by molar-refractivity contribution is 6.04. The zero-order valence-corrected chi connectivity index (χ0v) is 15.3. The molecule has 1 saturated heterocycles. The highest BCUT2D eigenvalue weighted by Crippen LogP contribution is 2.21. The van der Waals surface area contributed by atoms with Crippen LogP contribution in [0.1, 0.15) is 22.2 Å². The van der Waals surface area contributed by atoms with Gasteiger partial charge in [0.15, 0.2) is 5.69 Å². The average molecular weight is 365 g/mol. The first-order chi connectivity index (χ1) is 13.2. The number of aryl methyl sites for hydroxylation is 1. The third kappa shape index (κ3) is 3.70. The topological polar surface area (TPSA) is 72.3 Å². The van der Waals surface area contributed by atoms with E-state index in [1.807, 2.05) is 49.5 Å². The molecule has 1 amide bonds. The number of rotatable bonds is 5. The van der Waals surface area contributed by atoms with E-state index in [9.17, 15) is 4.79 Å². The van der Waals surface area contributed by atoms with Crippen molar-refractivity contribution in [1.29, 1.82) is 0 Å². The summed E-state index contributed by atoms with van der Waals surface area (Å²) in [4.78, 5) is 19.7. The zero-order chi connectivity index (χ0) is 18.6. The van der Waals surface area contributed by atoms with Crippen molar-refractivity contribution < 1.29 is 9.53 Å². The van der Waals surface area contributed by atoms with Gasteiger partial charge in [-0.25, -0.2) is 0 Å². The summed E-state index contributed by atoms with van der Waals surface area (Å²) in [6.07, 6.45) is 1.79. The summed E-state index contributed by atoms with van der Waals surface area (Å²) < 4.78 is 7.21. The van der Waals surface area contributed by atoms with E-state index in [-0.39, 0.29) is 11.9 Å². The molecule has 4 rings (SSSR count). The number of hydrogen-bond donors (Lipinski definition) is 1. The van der Waals surface area contributed by atoms with Crippen LogP contribution < -0.4 is 5.32 Å². The number of morpholine rings is 1. The van der Waals surface area contributed by atoms with Gasteiger partial charge in [-0.15, -0.1) is 0 Å². The fraction of sp³-hybridized carbons (Fsp3) is 0.350. The number of aromatic nitrogens is 3. The maximum absolute atomic E-state index is 12.8. The number of carbonyl (C=O) groups is 1. The largest absolute Gasteiger partial charge is 0.379 e. The molecule has 0 bridgehead atoms. The summed E-state index contributed by atoms with van der Waals surface area (Å²) in [6.45, 7) is 3.51. The van der Waals surface area contributed by atoms with E-state index in [1.165, 1.54) is 0 Å². The Hall–Kier alpha value is -2.77. The first kappa shape index (κ1) is 17.6. The SMILES string of the molecule is Cn1nc(C(=O)NC[C@H](c2ccccn2)N2CCOCC2)c2ccccc21. The summed E-state index contributed by atoms with van der Waals surface area (Å²) in [6, 6.07) is 13.6. The van der Waals surface area contributed by atoms with E-state index >= 15 is 0 Å². The van der Waals surface area contributed by atoms with Gasteiger partial charge in [0, 0.05) is 38.3 Å². The third-order valence-corrected chi connectivity index (χ3v) is 4.94. The van der Waals surface area contributed by atoms with Gasteiger partial charge in [-0.2, -0.15) is 5.10 Å². The van der Waals surface area contributed by atoms with Crippen molar-refractivity contribution >= 4 is 16.8 Å². The molecule has 0 saturated carbocycles. The van der Waals surface area contributed by atoms with E-state index in [1.54, 1.807) is 10.9 Å². The van der Waals surface area contributed by atoms with Gasteiger partial charge in [0.1, 0.15) is 0 Å². The highest BCUT2D eigenvalue weighted by atomic mass is 16.5. The van der Waals surface area contributed by atoms with Crippen LogP contribution in [0.5, 0.6) is 0 Å². The molecule has 0 spiro atoms. The molecular formula is C20H23N5O2. The number of nitrogens with one attached hydrogen (secondary N) is 1. The molecule has 0 radical (unpaired) electrons. The number of ether oxygens (including phenoxy) is 1. The standard InChI is InChI=1S/C20H23N5O2/c1-24-17-8-3-2-6-15(17)19(23-24)20(26)22-14-18(16-7-4-5-9-21-16)25-10-12-27-13-11-25/h2-9,18H,10-14H2,1H3,(H,22,26)/t18-/m1/s1. The first-order valence-electron chi connectivity index (χ1n) is 9.16. The maximum atomic E-state index is 12.8. The van der Waals surface area contributed by atoms with Gasteiger partial charge in [0.25, 0.3) is 5.91 Å². The molecule has 1 aliphatic rings. The number of fused-ring (bicyclic) bond motifs is 1. The average Bonchev–Trinajstić information content (AvgIpc) is 3.07. The van der Waals surface area contributed by atoms with Crippen molar-refractivity contribution in [2.24, 2.45) is 7.05 Å². The van der Waals surface area contributed by atoms with Crippen LogP contribution in [0.2, 0.25) is 0 Å². The van der Waals surface area contributed by atoms with E-state index in [0.717, 1.165) is 29.7 Å². The maximum Gasteiger partial charge on any atom is 0.272 e. The van der Waals surface area contributed by atoms with Crippen LogP contribution in [0.4, 0.5) is 0 Å². The van der Waals surface area contributed by atoms with Crippen LogP contribution in [0.3, 0.4) is 0 Å². The van der Waals surface area contributed by atoms with Gasteiger partial charge in [0.2, 0.25) is 0 Å². The molecule has 1 aliphatic heterocycles. The Kier molecular flexibility index (Phi) is 5.13. The second kappa shape index (κ2) is 7.85. The van der Waals surface area contributed by atoms with E-state index in [4.69, 9.17) is 4.74 Å². The van der Waals surface area contributed by atoms with Crippen molar-refractivity contribution in [3.63, 3.8) is 0 Å². The lowest BCUT2D eigenvalue weighted by molar-refractivity contribution is 0.0153. The second-order valence-corrected chi connectivity index (χ2v) is 6.62. The zero-order valence-electron chi connectivity index (χ0n) is 15.3. The van der Waals surface area contributed by atoms with Crippen molar-refractivity contribution in [3.05, 3.63) is 60.0 Å². The van der Waals surface area contributed by atoms with Crippen molar-refractivity contribution in [2.45, 2.75) is 6.04 Å². The second-order valence-electron chi connectivity index (χ2n) is 6.62. The first-order valence-corrected chi connectivity index (χ1v) is 9.16. The molecule has 27 heavy (non-hydrogen) atoms. The molecule has 0 unspecified atom stereocenters. The van der Waals surface area contributed by atoms with Crippen LogP contribution in [0.25, 0.3) is 10.9 Å². The summed E-state index contributed by atoms with van der Waals surface area (Å²) in [7, 11) is 1.85. The summed E-state index contributed by atoms with van der Waals surface area (Å²) in [5, 5.41) is 8.33. The van der Waals surface area contributed by atoms with Gasteiger partial charge >= 0.3 is 0 Å². The number of hydrogen-bond acceptors (Lipinski definition) is 5. The minimum absolute atomic E-state index is 0.00836. The van der Waals surface area contributed by atoms with Gasteiger partial charge in [-0.1, -0.05) is 24.3 Å². The molecule has 2 aromatic heterocycles. The number of pyridine rings is 1. The summed E-state index contributed by atoms with van der Waals surface area (Å²) >= 11 is 0. The molecule has 1 aromatic carbocycles. The predicted molar refractivity (Wildman–Crippen MR) is 102 cm³/mol. The van der Waals surface area contributed by atoms with E-state index in [0.29, 0.717) is 25.5 Å². The predicted octanol–water partition coefficient (Wildman–Crippen LogP) is 1.77. The normalized spacial score (nSPS) is 16.3. The molecule has 1 N–H and O–H groups in total. The smallest absolute Gasteiger partial charge is 0.272 e. The number of amides is 1. The van der Waals surface area contributed by atoms with Crippen molar-refractivity contribution in [3.8, 4) is 0 Å². The lowest BCUT2D eigenvalue weighted by atomic mass is 10.1. The van der Waals surface area contributed by atoms with Gasteiger partial charge in [0.05, 0.1) is 30.5 Å². The number of carbonyl (C=O) groups excluding carboxylic acids is 1. The summed E-state index contributed by atoms with van der Waals surface area (Å²) in [5.41, 5.74) is 2.34. The molecule has 1 atom stereocenters. The Morgan fingerprint density at radius 2 is 1.96 bits per heavy atom. The van der Waals surface area contributed by atoms with Crippen molar-refractivity contribution in [2.75, 3.05) is 32.8 Å². The van der Waals surface area contributed by atoms with Gasteiger partial charge in [-0.3, -0.25) is 19.4 Å². The monoisotopic (exact) mass is 365 g/mol. The molecule has 0 aliphatic carbocycles. The van der Waals surface area contributed by atoms with Crippen LogP contribution in [0.15, 0.2) is 48.7 Å². The Morgan fingerprint density at radius 3 is 2.74 bits per heavy atom. The Morgan fingerprint density at radius 1 is 1.19 bits per heavy atom. The lowest BCUT2D eigenvalue weighted by Gasteiger charge is -2.34. The van der Waals surface area contributed by atoms with Crippen LogP contribution >= 0.6 is 0 Å². The third-order valence-electron chi connectivity index (χ3n) is 4.94. The minimum Gasteiger partial charge on any atom is -0.379 e. The molecular weight excluding hydrogens is 342 g/mol. The summed E-state index contributed by atoms with van der Waals surface area (Å²) in [5.74, 6) is -0.166. The van der Waals surface area contributed by atoms with Gasteiger partial charge < -0.3 is 10.1 Å². The molecule has 3 aromatic rings. The molecule has 140 valence electrons. The van der Waals surface area contributed by atoms with E-state index < -0.39 is 0 Å². The number of nitrogens with zero attached hydrogens (tertiary/aromatic N) is 4. The van der Waals surface area contributed by atoms with Crippen LogP contribution in [-0.4, -0.2) is 58.4 Å². The molecule has 3 heterocycles. The fourth-order valence-electron chi connectivity index (χ4n) is 3.54. The van der Waals surface area contributed by atoms with Crippen LogP contribution in [0, 0.1) is 0 Å². The van der Waals surface area contributed by atoms with E-state index in [2.05, 4.69) is 20.3 Å². The Labute approximate surface area is 157 Å². The van der Waals surface area contributed by atoms with Crippen LogP contribution in [-0.2, 0) is 11.8 Å². The quantitative estimate of drug-likeness (QED) is 0.746. The Balaban J connectivity index is 1.54. The molecule has 7 heteroatoms. The minimum atomic E-state index is -0.166. The number of benzene rings is 1. The fourth-order valence-corrected chi connectivity index (χ4v) is 3.54. The molecule has 1 fully saturated rings. The van der Waals surface area contributed by atoms with Gasteiger partial charge in [-0.05, 0) is 18.2 Å².